The third kappa shape index (κ3) is 3.47. The van der Waals surface area contributed by atoms with Crippen LogP contribution in [-0.4, -0.2) is 50.2 Å². The molecule has 2 heterocycles. The van der Waals surface area contributed by atoms with Crippen LogP contribution in [0.2, 0.25) is 5.02 Å². The van der Waals surface area contributed by atoms with Crippen molar-refractivity contribution in [1.29, 1.82) is 0 Å². The Kier molecular flexibility index (Phi) is 5.51. The molecule has 6 heteroatoms. The molecule has 0 bridgehead atoms. The molecule has 2 aliphatic heterocycles. The van der Waals surface area contributed by atoms with Gasteiger partial charge in [0.25, 0.3) is 5.91 Å². The third-order valence-electron chi connectivity index (χ3n) is 4.68. The van der Waals surface area contributed by atoms with Crippen molar-refractivity contribution in [2.45, 2.75) is 20.3 Å². The van der Waals surface area contributed by atoms with Crippen molar-refractivity contribution in [1.82, 2.24) is 10.2 Å². The van der Waals surface area contributed by atoms with E-state index in [2.05, 4.69) is 5.32 Å². The summed E-state index contributed by atoms with van der Waals surface area (Å²) in [5, 5.41) is 3.82. The highest BCUT2D eigenvalue weighted by Crippen LogP contribution is 2.38. The average Bonchev–Trinajstić information content (AvgIpc) is 3.15. The Morgan fingerprint density at radius 3 is 2.58 bits per heavy atom. The monoisotopic (exact) mass is 352 g/mol. The minimum atomic E-state index is 0.0225. The lowest BCUT2D eigenvalue weighted by Crippen LogP contribution is -2.31. The van der Waals surface area contributed by atoms with E-state index in [1.807, 2.05) is 18.7 Å². The summed E-state index contributed by atoms with van der Waals surface area (Å²) in [7, 11) is 0. The molecule has 0 radical (unpaired) electrons. The maximum Gasteiger partial charge on any atom is 0.254 e. The topological polar surface area (TPSA) is 50.8 Å². The fraction of sp³-hybridized carbons (Fsp3) is 0.611. The first-order valence-electron chi connectivity index (χ1n) is 8.73. The second kappa shape index (κ2) is 7.62. The van der Waals surface area contributed by atoms with Crippen molar-refractivity contribution in [3.05, 3.63) is 22.7 Å². The van der Waals surface area contributed by atoms with Crippen molar-refractivity contribution >= 4 is 17.5 Å². The fourth-order valence-electron chi connectivity index (χ4n) is 3.50. The molecule has 3 rings (SSSR count). The van der Waals surface area contributed by atoms with Gasteiger partial charge in [-0.25, -0.2) is 0 Å². The van der Waals surface area contributed by atoms with Crippen LogP contribution in [0.15, 0.2) is 12.1 Å². The van der Waals surface area contributed by atoms with Gasteiger partial charge in [0.2, 0.25) is 0 Å². The summed E-state index contributed by atoms with van der Waals surface area (Å²) >= 11 is 6.37. The summed E-state index contributed by atoms with van der Waals surface area (Å²) in [6.45, 7) is 8.63. The maximum atomic E-state index is 12.9. The van der Waals surface area contributed by atoms with Crippen LogP contribution >= 0.6 is 11.6 Å². The molecular formula is C18H25ClN2O3. The highest BCUT2D eigenvalue weighted by Gasteiger charge is 2.38. The second-order valence-electron chi connectivity index (χ2n) is 6.46. The van der Waals surface area contributed by atoms with Crippen LogP contribution in [0.4, 0.5) is 0 Å². The molecule has 2 saturated heterocycles. The zero-order valence-corrected chi connectivity index (χ0v) is 15.1. The molecule has 0 aromatic heterocycles. The van der Waals surface area contributed by atoms with Gasteiger partial charge in [0.1, 0.15) is 0 Å². The lowest BCUT2D eigenvalue weighted by molar-refractivity contribution is 0.0781. The quantitative estimate of drug-likeness (QED) is 0.855. The van der Waals surface area contributed by atoms with Crippen LogP contribution in [0, 0.1) is 11.8 Å². The van der Waals surface area contributed by atoms with Crippen LogP contribution in [0.5, 0.6) is 11.5 Å². The van der Waals surface area contributed by atoms with Crippen LogP contribution in [0.3, 0.4) is 0 Å². The number of rotatable bonds is 6. The molecule has 24 heavy (non-hydrogen) atoms. The molecule has 2 fully saturated rings. The van der Waals surface area contributed by atoms with Gasteiger partial charge in [-0.15, -0.1) is 0 Å². The lowest BCUT2D eigenvalue weighted by atomic mass is 10.0. The zero-order chi connectivity index (χ0) is 17.1. The first-order chi connectivity index (χ1) is 11.6. The number of hydrogen-bond donors (Lipinski definition) is 1. The van der Waals surface area contributed by atoms with Crippen molar-refractivity contribution < 1.29 is 14.3 Å². The van der Waals surface area contributed by atoms with E-state index in [0.717, 1.165) is 32.6 Å². The normalized spacial score (nSPS) is 22.5. The number of ether oxygens (including phenoxy) is 2. The molecule has 132 valence electrons. The Morgan fingerprint density at radius 2 is 1.96 bits per heavy atom. The molecular weight excluding hydrogens is 328 g/mol. The minimum Gasteiger partial charge on any atom is -0.490 e. The van der Waals surface area contributed by atoms with Gasteiger partial charge in [-0.05, 0) is 37.3 Å². The molecule has 2 aliphatic rings. The first-order valence-corrected chi connectivity index (χ1v) is 9.11. The van der Waals surface area contributed by atoms with E-state index in [0.29, 0.717) is 47.1 Å². The number of nitrogens with one attached hydrogen (secondary N) is 1. The summed E-state index contributed by atoms with van der Waals surface area (Å²) < 4.78 is 11.4. The molecule has 1 N–H and O–H groups in total. The SMILES string of the molecule is CCCOc1c(Cl)cc(C(=O)N2C[C@H]3CNC[C@H]3C2)cc1OCC. The van der Waals surface area contributed by atoms with Crippen molar-refractivity contribution in [3.8, 4) is 11.5 Å². The van der Waals surface area contributed by atoms with Gasteiger partial charge in [0, 0.05) is 31.7 Å². The van der Waals surface area contributed by atoms with Gasteiger partial charge in [0.05, 0.1) is 18.2 Å². The molecule has 0 spiro atoms. The van der Waals surface area contributed by atoms with E-state index in [-0.39, 0.29) is 5.91 Å². The van der Waals surface area contributed by atoms with Gasteiger partial charge in [0.15, 0.2) is 11.5 Å². The Balaban J connectivity index is 1.81. The second-order valence-corrected chi connectivity index (χ2v) is 6.86. The van der Waals surface area contributed by atoms with Crippen LogP contribution < -0.4 is 14.8 Å². The van der Waals surface area contributed by atoms with E-state index in [1.54, 1.807) is 12.1 Å². The highest BCUT2D eigenvalue weighted by atomic mass is 35.5. The van der Waals surface area contributed by atoms with Gasteiger partial charge < -0.3 is 19.7 Å². The summed E-state index contributed by atoms with van der Waals surface area (Å²) in [5.74, 6) is 2.24. The average molecular weight is 353 g/mol. The van der Waals surface area contributed by atoms with E-state index >= 15 is 0 Å². The van der Waals surface area contributed by atoms with Gasteiger partial charge in [-0.2, -0.15) is 0 Å². The number of halogens is 1. The fourth-order valence-corrected chi connectivity index (χ4v) is 3.77. The first kappa shape index (κ1) is 17.4. The van der Waals surface area contributed by atoms with E-state index < -0.39 is 0 Å². The summed E-state index contributed by atoms with van der Waals surface area (Å²) in [6.07, 6.45) is 0.882. The smallest absolute Gasteiger partial charge is 0.254 e. The van der Waals surface area contributed by atoms with E-state index in [1.165, 1.54) is 0 Å². The molecule has 1 aromatic rings. The molecule has 0 saturated carbocycles. The van der Waals surface area contributed by atoms with Crippen molar-refractivity contribution in [2.75, 3.05) is 39.4 Å². The number of carbonyl (C=O) groups is 1. The molecule has 5 nitrogen and oxygen atoms in total. The Hall–Kier alpha value is -1.46. The van der Waals surface area contributed by atoms with Gasteiger partial charge in [-0.3, -0.25) is 4.79 Å². The van der Waals surface area contributed by atoms with Crippen LogP contribution in [0.25, 0.3) is 0 Å². The molecule has 0 unspecified atom stereocenters. The number of hydrogen-bond acceptors (Lipinski definition) is 4. The van der Waals surface area contributed by atoms with Crippen molar-refractivity contribution in [3.63, 3.8) is 0 Å². The summed E-state index contributed by atoms with van der Waals surface area (Å²) in [5.41, 5.74) is 0.570. The maximum absolute atomic E-state index is 12.9. The number of amides is 1. The number of fused-ring (bicyclic) bond motifs is 1. The number of nitrogens with zero attached hydrogens (tertiary/aromatic N) is 1. The van der Waals surface area contributed by atoms with Gasteiger partial charge in [-0.1, -0.05) is 18.5 Å². The molecule has 0 aliphatic carbocycles. The predicted octanol–water partition coefficient (Wildman–Crippen LogP) is 2.82. The standard InChI is InChI=1S/C18H25ClN2O3/c1-3-5-24-17-15(19)6-12(7-16(17)23-4-2)18(22)21-10-13-8-20-9-14(13)11-21/h6-7,13-14,20H,3-5,8-11H2,1-2H3/t13-,14+. The van der Waals surface area contributed by atoms with Gasteiger partial charge >= 0.3 is 0 Å². The molecule has 1 aromatic carbocycles. The number of likely N-dealkylation sites (tertiary alicyclic amines) is 1. The Bertz CT molecular complexity index is 596. The van der Waals surface area contributed by atoms with Crippen LogP contribution in [0.1, 0.15) is 30.6 Å². The Labute approximate surface area is 148 Å². The Morgan fingerprint density at radius 1 is 1.25 bits per heavy atom. The molecule has 1 amide bonds. The van der Waals surface area contributed by atoms with E-state index in [9.17, 15) is 4.79 Å². The minimum absolute atomic E-state index is 0.0225. The zero-order valence-electron chi connectivity index (χ0n) is 14.3. The summed E-state index contributed by atoms with van der Waals surface area (Å²) in [4.78, 5) is 14.8. The lowest BCUT2D eigenvalue weighted by Gasteiger charge is -2.19. The molecule has 2 atom stereocenters. The predicted molar refractivity (Wildman–Crippen MR) is 94.2 cm³/mol. The summed E-state index contributed by atoms with van der Waals surface area (Å²) in [6, 6.07) is 3.46. The van der Waals surface area contributed by atoms with E-state index in [4.69, 9.17) is 21.1 Å². The third-order valence-corrected chi connectivity index (χ3v) is 4.96. The van der Waals surface area contributed by atoms with Crippen molar-refractivity contribution in [2.24, 2.45) is 11.8 Å². The largest absolute Gasteiger partial charge is 0.490 e. The number of carbonyl (C=O) groups excluding carboxylic acids is 1. The highest BCUT2D eigenvalue weighted by molar-refractivity contribution is 6.32. The van der Waals surface area contributed by atoms with Crippen LogP contribution in [-0.2, 0) is 0 Å². The number of benzene rings is 1.